The predicted octanol–water partition coefficient (Wildman–Crippen LogP) is 1.94. The topological polar surface area (TPSA) is 43.9 Å². The van der Waals surface area contributed by atoms with E-state index >= 15 is 0 Å². The second-order valence-corrected chi connectivity index (χ2v) is 7.50. The van der Waals surface area contributed by atoms with Crippen molar-refractivity contribution < 1.29 is 9.59 Å². The summed E-state index contributed by atoms with van der Waals surface area (Å²) in [5, 5.41) is 0. The van der Waals surface area contributed by atoms with Gasteiger partial charge in [0, 0.05) is 32.6 Å². The van der Waals surface area contributed by atoms with Gasteiger partial charge in [0.2, 0.25) is 11.8 Å². The van der Waals surface area contributed by atoms with Crippen molar-refractivity contribution >= 4 is 11.8 Å². The molecule has 140 valence electrons. The summed E-state index contributed by atoms with van der Waals surface area (Å²) >= 11 is 0. The first-order valence-corrected chi connectivity index (χ1v) is 9.48. The molecule has 0 radical (unpaired) electrons. The van der Waals surface area contributed by atoms with E-state index in [0.29, 0.717) is 6.67 Å². The smallest absolute Gasteiger partial charge is 0.245 e. The van der Waals surface area contributed by atoms with Gasteiger partial charge in [-0.15, -0.1) is 0 Å². The third-order valence-electron chi connectivity index (χ3n) is 5.80. The van der Waals surface area contributed by atoms with E-state index < -0.39 is 5.41 Å². The summed E-state index contributed by atoms with van der Waals surface area (Å²) in [6.07, 6.45) is 0.188. The quantitative estimate of drug-likeness (QED) is 0.779. The molecule has 2 heterocycles. The van der Waals surface area contributed by atoms with Crippen LogP contribution in [0.3, 0.4) is 0 Å². The molecule has 2 aliphatic heterocycles. The molecule has 0 spiro atoms. The fraction of sp³-hybridized carbons (Fsp3) is 0.364. The van der Waals surface area contributed by atoms with Crippen LogP contribution in [0.25, 0.3) is 0 Å². The Morgan fingerprint density at radius 1 is 0.815 bits per heavy atom. The van der Waals surface area contributed by atoms with E-state index in [9.17, 15) is 9.59 Å². The third kappa shape index (κ3) is 3.17. The fourth-order valence-electron chi connectivity index (χ4n) is 4.14. The highest BCUT2D eigenvalue weighted by Gasteiger charge is 2.54. The van der Waals surface area contributed by atoms with Crippen LogP contribution in [0.4, 0.5) is 0 Å². The number of likely N-dealkylation sites (tertiary alicyclic amines) is 1. The van der Waals surface area contributed by atoms with Gasteiger partial charge in [-0.05, 0) is 18.2 Å². The lowest BCUT2D eigenvalue weighted by atomic mass is 9.73. The molecule has 0 saturated carbocycles. The van der Waals surface area contributed by atoms with Gasteiger partial charge < -0.3 is 4.90 Å². The molecule has 2 amide bonds. The summed E-state index contributed by atoms with van der Waals surface area (Å²) in [6, 6.07) is 19.4. The summed E-state index contributed by atoms with van der Waals surface area (Å²) < 4.78 is 0. The lowest BCUT2D eigenvalue weighted by Crippen LogP contribution is -2.51. The zero-order valence-corrected chi connectivity index (χ0v) is 15.7. The first kappa shape index (κ1) is 17.9. The van der Waals surface area contributed by atoms with Crippen LogP contribution >= 0.6 is 0 Å². The Bertz CT molecular complexity index is 774. The maximum Gasteiger partial charge on any atom is 0.245 e. The highest BCUT2D eigenvalue weighted by Crippen LogP contribution is 2.42. The van der Waals surface area contributed by atoms with Crippen molar-refractivity contribution in [3.63, 3.8) is 0 Å². The maximum atomic E-state index is 13.6. The number of benzene rings is 2. The molecule has 0 unspecified atom stereocenters. The molecule has 0 bridgehead atoms. The Kier molecular flexibility index (Phi) is 4.81. The van der Waals surface area contributed by atoms with Crippen molar-refractivity contribution in [3.8, 4) is 0 Å². The van der Waals surface area contributed by atoms with Crippen molar-refractivity contribution in [1.29, 1.82) is 0 Å². The van der Waals surface area contributed by atoms with Crippen LogP contribution < -0.4 is 0 Å². The standard InChI is InChI=1S/C22H25N3O2/c1-23-12-14-24(15-13-23)17-25-20(26)16-22(21(25)27,18-8-4-2-5-9-18)19-10-6-3-7-11-19/h2-11H,12-17H2,1H3. The normalized spacial score (nSPS) is 21.0. The predicted molar refractivity (Wildman–Crippen MR) is 104 cm³/mol. The molecule has 5 heteroatoms. The van der Waals surface area contributed by atoms with E-state index in [0.717, 1.165) is 37.3 Å². The van der Waals surface area contributed by atoms with Gasteiger partial charge in [-0.1, -0.05) is 60.7 Å². The average Bonchev–Trinajstić information content (AvgIpc) is 2.96. The number of carbonyl (C=O) groups is 2. The van der Waals surface area contributed by atoms with Gasteiger partial charge in [0.05, 0.1) is 6.67 Å². The number of amides is 2. The number of hydrogen-bond acceptors (Lipinski definition) is 4. The Balaban J connectivity index is 1.69. The molecule has 0 N–H and O–H groups in total. The van der Waals surface area contributed by atoms with E-state index in [2.05, 4.69) is 16.8 Å². The molecule has 4 rings (SSSR count). The lowest BCUT2D eigenvalue weighted by Gasteiger charge is -2.35. The minimum absolute atomic E-state index is 0.0911. The number of hydrogen-bond donors (Lipinski definition) is 0. The molecule has 2 fully saturated rings. The largest absolute Gasteiger partial charge is 0.304 e. The second-order valence-electron chi connectivity index (χ2n) is 7.50. The SMILES string of the molecule is CN1CCN(CN2C(=O)CC(c3ccccc3)(c3ccccc3)C2=O)CC1. The van der Waals surface area contributed by atoms with Crippen LogP contribution in [0.1, 0.15) is 17.5 Å². The second kappa shape index (κ2) is 7.25. The van der Waals surface area contributed by atoms with Crippen LogP contribution in [-0.4, -0.2) is 66.4 Å². The molecule has 2 aromatic rings. The zero-order chi connectivity index (χ0) is 18.9. The summed E-state index contributed by atoms with van der Waals surface area (Å²) in [7, 11) is 2.10. The van der Waals surface area contributed by atoms with Gasteiger partial charge in [0.1, 0.15) is 5.41 Å². The number of piperazine rings is 1. The maximum absolute atomic E-state index is 13.6. The number of nitrogens with zero attached hydrogens (tertiary/aromatic N) is 3. The van der Waals surface area contributed by atoms with E-state index in [1.54, 1.807) is 0 Å². The van der Waals surface area contributed by atoms with Crippen LogP contribution in [0, 0.1) is 0 Å². The van der Waals surface area contributed by atoms with Crippen molar-refractivity contribution in [3.05, 3.63) is 71.8 Å². The van der Waals surface area contributed by atoms with E-state index in [1.165, 1.54) is 4.90 Å². The third-order valence-corrected chi connectivity index (χ3v) is 5.80. The van der Waals surface area contributed by atoms with Gasteiger partial charge in [-0.2, -0.15) is 0 Å². The first-order valence-electron chi connectivity index (χ1n) is 9.48. The summed E-state index contributed by atoms with van der Waals surface area (Å²) in [4.78, 5) is 32.5. The van der Waals surface area contributed by atoms with Crippen LogP contribution in [-0.2, 0) is 15.0 Å². The van der Waals surface area contributed by atoms with Crippen LogP contribution in [0.15, 0.2) is 60.7 Å². The molecule has 0 aliphatic carbocycles. The highest BCUT2D eigenvalue weighted by atomic mass is 16.2. The molecule has 2 aliphatic rings. The summed E-state index contributed by atoms with van der Waals surface area (Å²) in [6.45, 7) is 4.04. The van der Waals surface area contributed by atoms with E-state index in [4.69, 9.17) is 0 Å². The Hall–Kier alpha value is -2.50. The number of likely N-dealkylation sites (N-methyl/N-ethyl adjacent to an activating group) is 1. The molecule has 5 nitrogen and oxygen atoms in total. The molecule has 2 saturated heterocycles. The van der Waals surface area contributed by atoms with Crippen molar-refractivity contribution in [2.75, 3.05) is 39.9 Å². The molecule has 27 heavy (non-hydrogen) atoms. The molecular weight excluding hydrogens is 338 g/mol. The van der Waals surface area contributed by atoms with Gasteiger partial charge in [-0.3, -0.25) is 19.4 Å². The van der Waals surface area contributed by atoms with Crippen molar-refractivity contribution in [2.24, 2.45) is 0 Å². The lowest BCUT2D eigenvalue weighted by molar-refractivity contribution is -0.142. The van der Waals surface area contributed by atoms with E-state index in [1.807, 2.05) is 60.7 Å². The minimum atomic E-state index is -0.924. The molecule has 2 aromatic carbocycles. The minimum Gasteiger partial charge on any atom is -0.304 e. The highest BCUT2D eigenvalue weighted by molar-refractivity contribution is 6.11. The van der Waals surface area contributed by atoms with Gasteiger partial charge >= 0.3 is 0 Å². The van der Waals surface area contributed by atoms with Crippen molar-refractivity contribution in [2.45, 2.75) is 11.8 Å². The van der Waals surface area contributed by atoms with Gasteiger partial charge in [0.25, 0.3) is 0 Å². The molecular formula is C22H25N3O2. The Labute approximate surface area is 160 Å². The monoisotopic (exact) mass is 363 g/mol. The van der Waals surface area contributed by atoms with Gasteiger partial charge in [-0.25, -0.2) is 0 Å². The van der Waals surface area contributed by atoms with Gasteiger partial charge in [0.15, 0.2) is 0 Å². The van der Waals surface area contributed by atoms with E-state index in [-0.39, 0.29) is 18.2 Å². The van der Waals surface area contributed by atoms with Crippen molar-refractivity contribution in [1.82, 2.24) is 14.7 Å². The number of imide groups is 1. The fourth-order valence-corrected chi connectivity index (χ4v) is 4.14. The zero-order valence-electron chi connectivity index (χ0n) is 15.7. The first-order chi connectivity index (χ1) is 13.1. The average molecular weight is 363 g/mol. The number of rotatable bonds is 4. The summed E-state index contributed by atoms with van der Waals surface area (Å²) in [5.74, 6) is -0.199. The summed E-state index contributed by atoms with van der Waals surface area (Å²) in [5.41, 5.74) is 0.845. The Morgan fingerprint density at radius 3 is 1.85 bits per heavy atom. The molecule has 0 atom stereocenters. The number of carbonyl (C=O) groups excluding carboxylic acids is 2. The van der Waals surface area contributed by atoms with Crippen LogP contribution in [0.2, 0.25) is 0 Å². The molecule has 0 aromatic heterocycles. The van der Waals surface area contributed by atoms with Crippen LogP contribution in [0.5, 0.6) is 0 Å². The Morgan fingerprint density at radius 2 is 1.33 bits per heavy atom.